The topological polar surface area (TPSA) is 67.5 Å². The average molecular weight is 217 g/mol. The van der Waals surface area contributed by atoms with Gasteiger partial charge < -0.3 is 5.32 Å². The summed E-state index contributed by atoms with van der Waals surface area (Å²) in [5.41, 5.74) is 0.913. The summed E-state index contributed by atoms with van der Waals surface area (Å²) in [7, 11) is 0. The Labute approximate surface area is 92.7 Å². The molecular formula is C11H11N3O2. The van der Waals surface area contributed by atoms with Crippen molar-refractivity contribution >= 4 is 17.2 Å². The molecule has 5 nitrogen and oxygen atoms in total. The number of nitro benzene ring substituents is 1. The summed E-state index contributed by atoms with van der Waals surface area (Å²) >= 11 is 0. The van der Waals surface area contributed by atoms with Gasteiger partial charge in [-0.25, -0.2) is 4.99 Å². The van der Waals surface area contributed by atoms with Crippen molar-refractivity contribution in [2.75, 3.05) is 5.32 Å². The molecule has 0 amide bonds. The number of nitro groups is 1. The zero-order valence-corrected chi connectivity index (χ0v) is 8.59. The van der Waals surface area contributed by atoms with Crippen LogP contribution in [0.1, 0.15) is 12.8 Å². The second kappa shape index (κ2) is 4.57. The highest BCUT2D eigenvalue weighted by Gasteiger charge is 2.05. The zero-order chi connectivity index (χ0) is 11.4. The van der Waals surface area contributed by atoms with E-state index in [2.05, 4.69) is 10.3 Å². The van der Waals surface area contributed by atoms with Crippen LogP contribution in [-0.4, -0.2) is 10.8 Å². The Hall–Kier alpha value is -2.17. The molecule has 0 aliphatic carbocycles. The molecule has 0 saturated heterocycles. The van der Waals surface area contributed by atoms with E-state index in [4.69, 9.17) is 0 Å². The smallest absolute Gasteiger partial charge is 0.269 e. The molecular weight excluding hydrogens is 206 g/mol. The van der Waals surface area contributed by atoms with E-state index in [1.54, 1.807) is 18.3 Å². The molecule has 0 spiro atoms. The molecule has 0 aromatic heterocycles. The van der Waals surface area contributed by atoms with Crippen LogP contribution in [0.2, 0.25) is 0 Å². The molecule has 1 aliphatic heterocycles. The predicted molar refractivity (Wildman–Crippen MR) is 62.5 cm³/mol. The van der Waals surface area contributed by atoms with Crippen molar-refractivity contribution in [3.8, 4) is 0 Å². The number of allylic oxidation sites excluding steroid dienone is 1. The number of hydrogen-bond donors (Lipinski definition) is 1. The minimum absolute atomic E-state index is 0.0935. The minimum Gasteiger partial charge on any atom is -0.344 e. The van der Waals surface area contributed by atoms with Gasteiger partial charge in [0.05, 0.1) is 4.92 Å². The number of aliphatic imine (C=N–C) groups is 1. The van der Waals surface area contributed by atoms with Crippen LogP contribution in [0.5, 0.6) is 0 Å². The zero-order valence-electron chi connectivity index (χ0n) is 8.59. The molecule has 0 unspecified atom stereocenters. The van der Waals surface area contributed by atoms with Crippen molar-refractivity contribution in [1.29, 1.82) is 0 Å². The fraction of sp³-hybridized carbons (Fsp3) is 0.182. The van der Waals surface area contributed by atoms with Crippen LogP contribution in [-0.2, 0) is 0 Å². The van der Waals surface area contributed by atoms with Crippen LogP contribution in [0.15, 0.2) is 41.5 Å². The first-order valence-electron chi connectivity index (χ1n) is 4.99. The van der Waals surface area contributed by atoms with Gasteiger partial charge in [-0.3, -0.25) is 10.1 Å². The van der Waals surface area contributed by atoms with Crippen LogP contribution in [0.4, 0.5) is 11.4 Å². The van der Waals surface area contributed by atoms with Crippen molar-refractivity contribution in [3.05, 3.63) is 46.7 Å². The van der Waals surface area contributed by atoms with Gasteiger partial charge in [0.1, 0.15) is 5.84 Å². The summed E-state index contributed by atoms with van der Waals surface area (Å²) < 4.78 is 0. The Bertz CT molecular complexity index is 449. The molecule has 1 aromatic carbocycles. The summed E-state index contributed by atoms with van der Waals surface area (Å²) in [6.07, 6.45) is 5.60. The molecule has 0 radical (unpaired) electrons. The number of nitrogens with zero attached hydrogens (tertiary/aromatic N) is 2. The van der Waals surface area contributed by atoms with Gasteiger partial charge in [-0.1, -0.05) is 6.08 Å². The fourth-order valence-electron chi connectivity index (χ4n) is 1.43. The van der Waals surface area contributed by atoms with Crippen LogP contribution in [0.25, 0.3) is 0 Å². The number of anilines is 1. The highest BCUT2D eigenvalue weighted by molar-refractivity contribution is 5.96. The lowest BCUT2D eigenvalue weighted by molar-refractivity contribution is -0.384. The van der Waals surface area contributed by atoms with E-state index in [1.807, 2.05) is 6.08 Å². The number of benzene rings is 1. The molecule has 1 N–H and O–H groups in total. The van der Waals surface area contributed by atoms with Gasteiger partial charge in [-0.15, -0.1) is 0 Å². The number of rotatable bonds is 2. The Morgan fingerprint density at radius 2 is 2.06 bits per heavy atom. The summed E-state index contributed by atoms with van der Waals surface area (Å²) in [5.74, 6) is 0.886. The van der Waals surface area contributed by atoms with Crippen molar-refractivity contribution in [2.24, 2.45) is 4.99 Å². The van der Waals surface area contributed by atoms with E-state index < -0.39 is 4.92 Å². The second-order valence-corrected chi connectivity index (χ2v) is 3.43. The Morgan fingerprint density at radius 3 is 2.62 bits per heavy atom. The lowest BCUT2D eigenvalue weighted by atomic mass is 10.2. The van der Waals surface area contributed by atoms with Crippen LogP contribution in [0, 0.1) is 10.1 Å². The molecule has 5 heteroatoms. The Kier molecular flexibility index (Phi) is 2.95. The van der Waals surface area contributed by atoms with Crippen molar-refractivity contribution < 1.29 is 4.92 Å². The molecule has 0 saturated carbocycles. The summed E-state index contributed by atoms with van der Waals surface area (Å²) in [6, 6.07) is 6.31. The number of amidine groups is 1. The fourth-order valence-corrected chi connectivity index (χ4v) is 1.43. The highest BCUT2D eigenvalue weighted by atomic mass is 16.6. The first-order chi connectivity index (χ1) is 7.75. The number of nitrogens with one attached hydrogen (secondary N) is 1. The van der Waals surface area contributed by atoms with E-state index in [0.717, 1.165) is 24.4 Å². The first kappa shape index (κ1) is 10.4. The summed E-state index contributed by atoms with van der Waals surface area (Å²) in [4.78, 5) is 14.2. The minimum atomic E-state index is -0.412. The maximum Gasteiger partial charge on any atom is 0.269 e. The summed E-state index contributed by atoms with van der Waals surface area (Å²) in [5, 5.41) is 13.6. The molecule has 1 aromatic rings. The SMILES string of the molecule is O=[N+]([O-])c1ccc(NC2=NC=CCC2)cc1. The summed E-state index contributed by atoms with van der Waals surface area (Å²) in [6.45, 7) is 0. The molecule has 0 fully saturated rings. The van der Waals surface area contributed by atoms with E-state index in [1.165, 1.54) is 12.1 Å². The second-order valence-electron chi connectivity index (χ2n) is 3.43. The highest BCUT2D eigenvalue weighted by Crippen LogP contribution is 2.16. The molecule has 0 bridgehead atoms. The monoisotopic (exact) mass is 217 g/mol. The van der Waals surface area contributed by atoms with Gasteiger partial charge in [-0.05, 0) is 18.6 Å². The average Bonchev–Trinajstić information content (AvgIpc) is 2.31. The molecule has 0 atom stereocenters. The van der Waals surface area contributed by atoms with Crippen LogP contribution >= 0.6 is 0 Å². The van der Waals surface area contributed by atoms with Crippen molar-refractivity contribution in [3.63, 3.8) is 0 Å². The van der Waals surface area contributed by atoms with Gasteiger partial charge in [-0.2, -0.15) is 0 Å². The van der Waals surface area contributed by atoms with Crippen LogP contribution in [0.3, 0.4) is 0 Å². The third-order valence-electron chi connectivity index (χ3n) is 2.25. The maximum atomic E-state index is 10.5. The third-order valence-corrected chi connectivity index (χ3v) is 2.25. The molecule has 1 heterocycles. The van der Waals surface area contributed by atoms with Gasteiger partial charge in [0.15, 0.2) is 0 Å². The lowest BCUT2D eigenvalue weighted by Crippen LogP contribution is -2.12. The molecule has 1 aliphatic rings. The molecule has 82 valence electrons. The van der Waals surface area contributed by atoms with Crippen molar-refractivity contribution in [2.45, 2.75) is 12.8 Å². The van der Waals surface area contributed by atoms with Gasteiger partial charge in [0.25, 0.3) is 5.69 Å². The predicted octanol–water partition coefficient (Wildman–Crippen LogP) is 2.71. The Balaban J connectivity index is 2.07. The number of hydrogen-bond acceptors (Lipinski definition) is 4. The third kappa shape index (κ3) is 2.44. The largest absolute Gasteiger partial charge is 0.344 e. The van der Waals surface area contributed by atoms with E-state index in [-0.39, 0.29) is 5.69 Å². The normalized spacial score (nSPS) is 14.4. The molecule has 2 rings (SSSR count). The van der Waals surface area contributed by atoms with Crippen molar-refractivity contribution in [1.82, 2.24) is 0 Å². The van der Waals surface area contributed by atoms with Gasteiger partial charge in [0.2, 0.25) is 0 Å². The number of non-ortho nitro benzene ring substituents is 1. The maximum absolute atomic E-state index is 10.5. The quantitative estimate of drug-likeness (QED) is 0.611. The van der Waals surface area contributed by atoms with E-state index in [9.17, 15) is 10.1 Å². The van der Waals surface area contributed by atoms with E-state index >= 15 is 0 Å². The van der Waals surface area contributed by atoms with Crippen LogP contribution < -0.4 is 5.32 Å². The van der Waals surface area contributed by atoms with E-state index in [0.29, 0.717) is 0 Å². The standard InChI is InChI=1S/C11H11N3O2/c15-14(16)10-6-4-9(5-7-10)13-11-3-1-2-8-12-11/h2,4-8H,1,3H2,(H,12,13). The van der Waals surface area contributed by atoms with Gasteiger partial charge >= 0.3 is 0 Å². The lowest BCUT2D eigenvalue weighted by Gasteiger charge is -2.10. The molecule has 16 heavy (non-hydrogen) atoms. The first-order valence-corrected chi connectivity index (χ1v) is 4.99. The van der Waals surface area contributed by atoms with Gasteiger partial charge in [0, 0.05) is 30.4 Å². The Morgan fingerprint density at radius 1 is 1.31 bits per heavy atom.